The van der Waals surface area contributed by atoms with Crippen LogP contribution in [0.2, 0.25) is 0 Å². The number of nitrogens with zero attached hydrogens (tertiary/aromatic N) is 1. The van der Waals surface area contributed by atoms with Gasteiger partial charge in [0.05, 0.1) is 0 Å². The zero-order chi connectivity index (χ0) is 17.1. The van der Waals surface area contributed by atoms with Gasteiger partial charge in [-0.25, -0.2) is 0 Å². The molecule has 0 unspecified atom stereocenters. The topological polar surface area (TPSA) is 29.5 Å². The Bertz CT molecular complexity index is 661. The Kier molecular flexibility index (Phi) is 4.84. The molecule has 2 aromatic rings. The van der Waals surface area contributed by atoms with Gasteiger partial charge in [-0.3, -0.25) is 9.69 Å². The predicted octanol–water partition coefficient (Wildman–Crippen LogP) is 3.99. The fraction of sp³-hybridized carbons (Fsp3) is 0.409. The van der Waals surface area contributed by atoms with Gasteiger partial charge in [0.25, 0.3) is 0 Å². The van der Waals surface area contributed by atoms with Gasteiger partial charge in [-0.05, 0) is 43.4 Å². The van der Waals surface area contributed by atoms with Crippen molar-refractivity contribution >= 4 is 5.97 Å². The largest absolute Gasteiger partial charge is 0.463 e. The zero-order valence-electron chi connectivity index (χ0n) is 14.5. The molecule has 2 saturated heterocycles. The first kappa shape index (κ1) is 16.3. The van der Waals surface area contributed by atoms with Crippen LogP contribution in [0.1, 0.15) is 42.7 Å². The van der Waals surface area contributed by atoms with Crippen LogP contribution in [0, 0.1) is 0 Å². The van der Waals surface area contributed by atoms with Crippen LogP contribution >= 0.6 is 0 Å². The Labute approximate surface area is 149 Å². The van der Waals surface area contributed by atoms with E-state index >= 15 is 0 Å². The number of hydrogen-bond donors (Lipinski definition) is 0. The highest BCUT2D eigenvalue weighted by atomic mass is 16.5. The van der Waals surface area contributed by atoms with E-state index in [0.717, 1.165) is 30.1 Å². The summed E-state index contributed by atoms with van der Waals surface area (Å²) < 4.78 is 5.82. The average Bonchev–Trinajstić information content (AvgIpc) is 3.26. The Morgan fingerprint density at radius 2 is 1.60 bits per heavy atom. The molecule has 0 amide bonds. The summed E-state index contributed by atoms with van der Waals surface area (Å²) >= 11 is 0. The van der Waals surface area contributed by atoms with Crippen LogP contribution in [-0.2, 0) is 9.53 Å². The lowest BCUT2D eigenvalue weighted by Crippen LogP contribution is -2.35. The number of ether oxygens (including phenoxy) is 1. The molecular formula is C22H25NO2. The van der Waals surface area contributed by atoms with Gasteiger partial charge in [0.1, 0.15) is 12.5 Å². The highest BCUT2D eigenvalue weighted by Crippen LogP contribution is 2.33. The standard InChI is InChI=1S/C22H25NO2/c24-22(25-16-20-14-13-19-12-7-15-23(19)20)21(17-8-3-1-4-9-17)18-10-5-2-6-11-18/h1-6,8-11,19-21H,7,12-16H2/t19-,20+/m0/s1. The van der Waals surface area contributed by atoms with Crippen LogP contribution in [0.5, 0.6) is 0 Å². The third-order valence-electron chi connectivity index (χ3n) is 5.64. The van der Waals surface area contributed by atoms with E-state index in [0.29, 0.717) is 12.6 Å². The number of hydrogen-bond acceptors (Lipinski definition) is 3. The van der Waals surface area contributed by atoms with Gasteiger partial charge in [0.2, 0.25) is 0 Å². The maximum Gasteiger partial charge on any atom is 0.317 e. The van der Waals surface area contributed by atoms with Crippen molar-refractivity contribution in [2.24, 2.45) is 0 Å². The maximum absolute atomic E-state index is 13.0. The van der Waals surface area contributed by atoms with Crippen molar-refractivity contribution in [3.63, 3.8) is 0 Å². The van der Waals surface area contributed by atoms with Gasteiger partial charge in [0, 0.05) is 12.1 Å². The molecule has 0 spiro atoms. The first-order valence-electron chi connectivity index (χ1n) is 9.35. The lowest BCUT2D eigenvalue weighted by Gasteiger charge is -2.24. The van der Waals surface area contributed by atoms with Crippen molar-refractivity contribution < 1.29 is 9.53 Å². The number of carbonyl (C=O) groups excluding carboxylic acids is 1. The smallest absolute Gasteiger partial charge is 0.317 e. The SMILES string of the molecule is O=C(OC[C@H]1CC[C@@H]2CCCN21)C(c1ccccc1)c1ccccc1. The van der Waals surface area contributed by atoms with Gasteiger partial charge >= 0.3 is 5.97 Å². The van der Waals surface area contributed by atoms with Crippen molar-refractivity contribution in [1.29, 1.82) is 0 Å². The summed E-state index contributed by atoms with van der Waals surface area (Å²) in [6.07, 6.45) is 5.00. The van der Waals surface area contributed by atoms with E-state index in [9.17, 15) is 4.79 Å². The number of carbonyl (C=O) groups is 1. The molecule has 0 saturated carbocycles. The lowest BCUT2D eigenvalue weighted by atomic mass is 9.91. The van der Waals surface area contributed by atoms with Crippen LogP contribution in [0.15, 0.2) is 60.7 Å². The van der Waals surface area contributed by atoms with E-state index in [1.807, 2.05) is 60.7 Å². The first-order valence-corrected chi connectivity index (χ1v) is 9.35. The van der Waals surface area contributed by atoms with Gasteiger partial charge < -0.3 is 4.74 Å². The molecule has 2 fully saturated rings. The molecule has 2 aromatic carbocycles. The highest BCUT2D eigenvalue weighted by molar-refractivity contribution is 5.82. The third-order valence-corrected chi connectivity index (χ3v) is 5.64. The lowest BCUT2D eigenvalue weighted by molar-refractivity contribution is -0.146. The summed E-state index contributed by atoms with van der Waals surface area (Å²) in [7, 11) is 0. The number of benzene rings is 2. The van der Waals surface area contributed by atoms with Crippen LogP contribution in [-0.4, -0.2) is 36.1 Å². The molecule has 0 aromatic heterocycles. The Morgan fingerprint density at radius 3 is 2.24 bits per heavy atom. The van der Waals surface area contributed by atoms with Gasteiger partial charge in [0.15, 0.2) is 0 Å². The van der Waals surface area contributed by atoms with E-state index in [-0.39, 0.29) is 11.9 Å². The summed E-state index contributed by atoms with van der Waals surface area (Å²) in [6, 6.07) is 21.0. The molecule has 0 bridgehead atoms. The van der Waals surface area contributed by atoms with Crippen LogP contribution in [0.4, 0.5) is 0 Å². The predicted molar refractivity (Wildman–Crippen MR) is 98.4 cm³/mol. The van der Waals surface area contributed by atoms with Crippen molar-refractivity contribution in [3.05, 3.63) is 71.8 Å². The van der Waals surface area contributed by atoms with Crippen molar-refractivity contribution in [2.75, 3.05) is 13.2 Å². The Hall–Kier alpha value is -2.13. The van der Waals surface area contributed by atoms with Gasteiger partial charge in [-0.2, -0.15) is 0 Å². The summed E-state index contributed by atoms with van der Waals surface area (Å²) in [5.74, 6) is -0.488. The Balaban J connectivity index is 1.48. The summed E-state index contributed by atoms with van der Waals surface area (Å²) in [4.78, 5) is 15.5. The van der Waals surface area contributed by atoms with Crippen molar-refractivity contribution in [2.45, 2.75) is 43.7 Å². The molecule has 2 aliphatic rings. The number of esters is 1. The molecule has 3 heteroatoms. The molecule has 2 atom stereocenters. The van der Waals surface area contributed by atoms with Crippen molar-refractivity contribution in [3.8, 4) is 0 Å². The molecular weight excluding hydrogens is 310 g/mol. The van der Waals surface area contributed by atoms with E-state index < -0.39 is 0 Å². The number of fused-ring (bicyclic) bond motifs is 1. The van der Waals surface area contributed by atoms with Crippen molar-refractivity contribution in [1.82, 2.24) is 4.90 Å². The second-order valence-electron chi connectivity index (χ2n) is 7.15. The molecule has 2 heterocycles. The minimum atomic E-state index is -0.349. The molecule has 0 aliphatic carbocycles. The highest BCUT2D eigenvalue weighted by Gasteiger charge is 2.37. The maximum atomic E-state index is 13.0. The first-order chi connectivity index (χ1) is 12.3. The minimum Gasteiger partial charge on any atom is -0.463 e. The Morgan fingerprint density at radius 1 is 0.960 bits per heavy atom. The fourth-order valence-corrected chi connectivity index (χ4v) is 4.40. The van der Waals surface area contributed by atoms with E-state index in [1.165, 1.54) is 19.3 Å². The average molecular weight is 335 g/mol. The molecule has 2 aliphatic heterocycles. The van der Waals surface area contributed by atoms with E-state index in [1.54, 1.807) is 0 Å². The summed E-state index contributed by atoms with van der Waals surface area (Å²) in [5, 5.41) is 0. The molecule has 0 N–H and O–H groups in total. The molecule has 0 radical (unpaired) electrons. The molecule has 25 heavy (non-hydrogen) atoms. The van der Waals surface area contributed by atoms with E-state index in [4.69, 9.17) is 4.74 Å². The second-order valence-corrected chi connectivity index (χ2v) is 7.15. The van der Waals surface area contributed by atoms with Gasteiger partial charge in [-0.15, -0.1) is 0 Å². The van der Waals surface area contributed by atoms with E-state index in [2.05, 4.69) is 4.90 Å². The molecule has 130 valence electrons. The third kappa shape index (κ3) is 3.47. The number of rotatable bonds is 5. The summed E-state index contributed by atoms with van der Waals surface area (Å²) in [6.45, 7) is 1.68. The monoisotopic (exact) mass is 335 g/mol. The molecule has 4 rings (SSSR count). The zero-order valence-corrected chi connectivity index (χ0v) is 14.5. The molecule has 3 nitrogen and oxygen atoms in total. The quantitative estimate of drug-likeness (QED) is 0.774. The normalized spacial score (nSPS) is 22.9. The van der Waals surface area contributed by atoms with Crippen LogP contribution < -0.4 is 0 Å². The van der Waals surface area contributed by atoms with Crippen LogP contribution in [0.3, 0.4) is 0 Å². The minimum absolute atomic E-state index is 0.139. The summed E-state index contributed by atoms with van der Waals surface area (Å²) in [5.41, 5.74) is 1.98. The fourth-order valence-electron chi connectivity index (χ4n) is 4.40. The van der Waals surface area contributed by atoms with Crippen LogP contribution in [0.25, 0.3) is 0 Å². The second kappa shape index (κ2) is 7.40. The van der Waals surface area contributed by atoms with Gasteiger partial charge in [-0.1, -0.05) is 60.7 Å².